The molecule has 0 aliphatic heterocycles. The summed E-state index contributed by atoms with van der Waals surface area (Å²) in [4.78, 5) is 23.4. The zero-order valence-corrected chi connectivity index (χ0v) is 23.4. The fourth-order valence-electron chi connectivity index (χ4n) is 2.82. The summed E-state index contributed by atoms with van der Waals surface area (Å²) in [5.41, 5.74) is 3.52. The molecule has 2 aromatic carbocycles. The first-order valence-corrected chi connectivity index (χ1v) is 12.9. The average molecular weight is 727 g/mol. The molecule has 2 aromatic heterocycles. The van der Waals surface area contributed by atoms with Crippen LogP contribution in [0.5, 0.6) is 0 Å². The van der Waals surface area contributed by atoms with Crippen molar-refractivity contribution in [3.63, 3.8) is 0 Å². The van der Waals surface area contributed by atoms with E-state index < -0.39 is 0 Å². The van der Waals surface area contributed by atoms with Gasteiger partial charge in [-0.25, -0.2) is 9.97 Å². The minimum atomic E-state index is -0.0509. The third-order valence-corrected chi connectivity index (χ3v) is 6.59. The number of rotatable bonds is 5. The number of halogens is 4. The highest BCUT2D eigenvalue weighted by Gasteiger charge is 2.12. The van der Waals surface area contributed by atoms with E-state index in [1.54, 1.807) is 12.1 Å². The molecule has 0 N–H and O–H groups in total. The van der Waals surface area contributed by atoms with E-state index in [-0.39, 0.29) is 20.9 Å². The molecule has 0 aliphatic rings. The second kappa shape index (κ2) is 15.9. The summed E-state index contributed by atoms with van der Waals surface area (Å²) >= 11 is 13.2. The van der Waals surface area contributed by atoms with Crippen LogP contribution in [0.3, 0.4) is 0 Å². The molecular formula is C27H25Br4N3O. The molecule has 35 heavy (non-hydrogen) atoms. The van der Waals surface area contributed by atoms with E-state index >= 15 is 0 Å². The molecule has 8 heteroatoms. The molecule has 0 spiro atoms. The molecule has 0 amide bonds. The van der Waals surface area contributed by atoms with Crippen molar-refractivity contribution in [3.8, 4) is 0 Å². The summed E-state index contributed by atoms with van der Waals surface area (Å²) in [6.45, 7) is 0. The van der Waals surface area contributed by atoms with Crippen LogP contribution in [-0.2, 0) is 0 Å². The van der Waals surface area contributed by atoms with Gasteiger partial charge in [0.15, 0.2) is 6.29 Å². The monoisotopic (exact) mass is 723 g/mol. The molecule has 4 nitrogen and oxygen atoms in total. The number of hydrogen-bond donors (Lipinski definition) is 0. The second-order valence-corrected chi connectivity index (χ2v) is 9.96. The number of aromatic nitrogens is 2. The molecule has 0 aliphatic carbocycles. The van der Waals surface area contributed by atoms with Gasteiger partial charge in [0.25, 0.3) is 0 Å². The molecule has 4 rings (SSSR count). The Bertz CT molecular complexity index is 1200. The molecule has 0 saturated heterocycles. The maximum atomic E-state index is 10.3. The Balaban J connectivity index is 0.000000435. The number of pyridine rings is 2. The second-order valence-electron chi connectivity index (χ2n) is 6.62. The zero-order chi connectivity index (χ0) is 23.6. The number of aliphatic imine (C=N–C) groups is 1. The Labute approximate surface area is 240 Å². The largest absolute Gasteiger partial charge is 0.296 e. The minimum Gasteiger partial charge on any atom is -0.296 e. The van der Waals surface area contributed by atoms with Crippen LogP contribution < -0.4 is 0 Å². The predicted molar refractivity (Wildman–Crippen MR) is 160 cm³/mol. The normalized spacial score (nSPS) is 10.1. The van der Waals surface area contributed by atoms with Crippen molar-refractivity contribution in [2.75, 3.05) is 0 Å². The third kappa shape index (κ3) is 9.52. The molecule has 0 atom stereocenters. The molecule has 182 valence electrons. The lowest BCUT2D eigenvalue weighted by molar-refractivity contribution is 0.111. The van der Waals surface area contributed by atoms with Crippen LogP contribution in [0.15, 0.2) is 108 Å². The first kappa shape index (κ1) is 31.0. The van der Waals surface area contributed by atoms with E-state index in [0.29, 0.717) is 21.1 Å². The summed E-state index contributed by atoms with van der Waals surface area (Å²) in [5.74, 6) is 0. The lowest BCUT2D eigenvalue weighted by atomic mass is 9.99. The van der Waals surface area contributed by atoms with Gasteiger partial charge in [0.1, 0.15) is 14.9 Å². The lowest BCUT2D eigenvalue weighted by Gasteiger charge is -2.13. The lowest BCUT2D eigenvalue weighted by Crippen LogP contribution is -2.00. The highest BCUT2D eigenvalue weighted by atomic mass is 79.9. The highest BCUT2D eigenvalue weighted by Crippen LogP contribution is 2.26. The van der Waals surface area contributed by atoms with Crippen LogP contribution in [0.4, 0.5) is 0 Å². The van der Waals surface area contributed by atoms with Crippen molar-refractivity contribution >= 4 is 76.2 Å². The Morgan fingerprint density at radius 3 is 1.49 bits per heavy atom. The van der Waals surface area contributed by atoms with E-state index in [9.17, 15) is 4.79 Å². The first-order chi connectivity index (χ1) is 16.0. The van der Waals surface area contributed by atoms with Gasteiger partial charge in [-0.1, -0.05) is 75.5 Å². The maximum Gasteiger partial charge on any atom is 0.169 e. The Kier molecular flexibility index (Phi) is 14.1. The smallest absolute Gasteiger partial charge is 0.169 e. The van der Waals surface area contributed by atoms with Gasteiger partial charge in [-0.2, -0.15) is 0 Å². The fourth-order valence-corrected chi connectivity index (χ4v) is 4.10. The number of benzene rings is 2. The van der Waals surface area contributed by atoms with E-state index in [0.717, 1.165) is 25.9 Å². The molecule has 0 saturated carbocycles. The van der Waals surface area contributed by atoms with Crippen LogP contribution in [0.1, 0.15) is 48.2 Å². The van der Waals surface area contributed by atoms with Crippen LogP contribution in [-0.4, -0.2) is 22.5 Å². The summed E-state index contributed by atoms with van der Waals surface area (Å²) in [5, 5.41) is 0. The van der Waals surface area contributed by atoms with Crippen molar-refractivity contribution in [3.05, 3.63) is 126 Å². The summed E-state index contributed by atoms with van der Waals surface area (Å²) in [7, 11) is 0. The van der Waals surface area contributed by atoms with Crippen molar-refractivity contribution in [2.24, 2.45) is 4.99 Å². The number of carbonyl (C=O) groups excluding carboxylic acids is 1. The van der Waals surface area contributed by atoms with Gasteiger partial charge in [-0.15, -0.1) is 0 Å². The molecular weight excluding hydrogens is 702 g/mol. The molecule has 0 bridgehead atoms. The van der Waals surface area contributed by atoms with E-state index in [1.807, 2.05) is 54.7 Å². The van der Waals surface area contributed by atoms with Crippen LogP contribution in [0.2, 0.25) is 0 Å². The topological polar surface area (TPSA) is 55.2 Å². The van der Waals surface area contributed by atoms with Gasteiger partial charge < -0.3 is 0 Å². The Morgan fingerprint density at radius 2 is 1.06 bits per heavy atom. The molecule has 4 aromatic rings. The number of hydrogen-bond acceptors (Lipinski definition) is 4. The number of aldehydes is 1. The summed E-state index contributed by atoms with van der Waals surface area (Å²) < 4.78 is 3.09. The van der Waals surface area contributed by atoms with Gasteiger partial charge in [0, 0.05) is 15.2 Å². The van der Waals surface area contributed by atoms with Crippen LogP contribution >= 0.6 is 63.7 Å². The van der Waals surface area contributed by atoms with Gasteiger partial charge in [0.2, 0.25) is 0 Å². The summed E-state index contributed by atoms with van der Waals surface area (Å²) in [6.07, 6.45) is 2.52. The fraction of sp³-hybridized carbons (Fsp3) is 0.111. The number of nitrogens with zero attached hydrogens (tertiary/aromatic N) is 3. The SMILES string of the molecule is Brc1ccc(Br)c(C=NC(c2ccccc2)c2ccccc2)n1.C.C.O=Cc1nc(Br)ccc1Br. The third-order valence-electron chi connectivity index (χ3n) is 4.37. The van der Waals surface area contributed by atoms with Gasteiger partial charge >= 0.3 is 0 Å². The van der Waals surface area contributed by atoms with Crippen LogP contribution in [0.25, 0.3) is 0 Å². The standard InChI is InChI=1S/C19H14Br2N2.C6H3Br2NO.2CH4/c20-16-11-12-18(21)23-17(16)13-22-19(14-7-3-1-4-8-14)15-9-5-2-6-10-15;7-4-1-2-6(8)9-5(4)3-10;;/h1-13,19H;1-3H;2*1H4. The first-order valence-electron chi connectivity index (χ1n) is 9.70. The van der Waals surface area contributed by atoms with E-state index in [4.69, 9.17) is 4.99 Å². The van der Waals surface area contributed by atoms with Gasteiger partial charge in [-0.05, 0) is 99.1 Å². The molecule has 2 heterocycles. The molecule has 0 fully saturated rings. The number of carbonyl (C=O) groups is 1. The van der Waals surface area contributed by atoms with Crippen molar-refractivity contribution in [1.29, 1.82) is 0 Å². The maximum absolute atomic E-state index is 10.3. The summed E-state index contributed by atoms with van der Waals surface area (Å²) in [6, 6.07) is 27.9. The highest BCUT2D eigenvalue weighted by molar-refractivity contribution is 9.11. The van der Waals surface area contributed by atoms with E-state index in [1.165, 1.54) is 0 Å². The minimum absolute atomic E-state index is 0. The average Bonchev–Trinajstić information content (AvgIpc) is 2.84. The van der Waals surface area contributed by atoms with Crippen molar-refractivity contribution < 1.29 is 4.79 Å². The predicted octanol–water partition coefficient (Wildman–Crippen LogP) is 9.51. The van der Waals surface area contributed by atoms with Crippen molar-refractivity contribution in [2.45, 2.75) is 20.9 Å². The quantitative estimate of drug-likeness (QED) is 0.117. The van der Waals surface area contributed by atoms with Crippen molar-refractivity contribution in [1.82, 2.24) is 9.97 Å². The van der Waals surface area contributed by atoms with Crippen LogP contribution in [0, 0.1) is 0 Å². The van der Waals surface area contributed by atoms with Gasteiger partial charge in [0.05, 0.1) is 11.7 Å². The zero-order valence-electron chi connectivity index (χ0n) is 17.1. The van der Waals surface area contributed by atoms with E-state index in [2.05, 4.69) is 98.0 Å². The van der Waals surface area contributed by atoms with Gasteiger partial charge in [-0.3, -0.25) is 9.79 Å². The molecule has 0 radical (unpaired) electrons. The Morgan fingerprint density at radius 1 is 0.629 bits per heavy atom. The Hall–Kier alpha value is -2.00. The molecule has 0 unspecified atom stereocenters.